The molecular weight excluding hydrogens is 274 g/mol. The van der Waals surface area contributed by atoms with Crippen molar-refractivity contribution in [1.29, 1.82) is 0 Å². The van der Waals surface area contributed by atoms with Crippen molar-refractivity contribution in [3.05, 3.63) is 11.4 Å². The van der Waals surface area contributed by atoms with E-state index in [2.05, 4.69) is 14.9 Å². The van der Waals surface area contributed by atoms with Crippen molar-refractivity contribution in [1.82, 2.24) is 15.2 Å². The van der Waals surface area contributed by atoms with Crippen LogP contribution < -0.4 is 0 Å². The Morgan fingerprint density at radius 2 is 2.29 bits per heavy atom. The molecule has 2 N–H and O–H groups in total. The Morgan fingerprint density at radius 3 is 2.81 bits per heavy atom. The van der Waals surface area contributed by atoms with Crippen LogP contribution in [0.2, 0.25) is 0 Å². The van der Waals surface area contributed by atoms with E-state index in [1.54, 1.807) is 11.8 Å². The van der Waals surface area contributed by atoms with E-state index >= 15 is 0 Å². The van der Waals surface area contributed by atoms with Crippen LogP contribution in [0.3, 0.4) is 0 Å². The number of β-amino-alcohol motifs (C(OH)–C–C–N with tert-alkyl or cyclic N) is 1. The maximum atomic E-state index is 12.3. The maximum Gasteiger partial charge on any atom is 0.228 e. The molecule has 0 unspecified atom stereocenters. The largest absolute Gasteiger partial charge is 0.396 e. The standard InChI is InChI=1S/C14H23N3O4/c1-3-4-14(9-18)5-6-17(8-12(14)19)13(20)7-11-10(2)15-21-16-11/h12,18-19H,3-9H2,1-2H3/t12-,14+/m0/s1. The Bertz CT molecular complexity index is 490. The summed E-state index contributed by atoms with van der Waals surface area (Å²) in [6.07, 6.45) is 1.70. The summed E-state index contributed by atoms with van der Waals surface area (Å²) in [4.78, 5) is 13.9. The van der Waals surface area contributed by atoms with Gasteiger partial charge in [0.2, 0.25) is 5.91 Å². The Morgan fingerprint density at radius 1 is 1.52 bits per heavy atom. The summed E-state index contributed by atoms with van der Waals surface area (Å²) < 4.78 is 4.58. The number of hydrogen-bond acceptors (Lipinski definition) is 6. The second-order valence-electron chi connectivity index (χ2n) is 5.85. The van der Waals surface area contributed by atoms with Crippen molar-refractivity contribution < 1.29 is 19.6 Å². The fraction of sp³-hybridized carbons (Fsp3) is 0.786. The molecule has 0 bridgehead atoms. The molecule has 0 radical (unpaired) electrons. The first kappa shape index (κ1) is 15.9. The zero-order valence-electron chi connectivity index (χ0n) is 12.6. The van der Waals surface area contributed by atoms with Crippen molar-refractivity contribution in [3.63, 3.8) is 0 Å². The fourth-order valence-corrected chi connectivity index (χ4v) is 2.96. The van der Waals surface area contributed by atoms with Gasteiger partial charge in [-0.15, -0.1) is 0 Å². The van der Waals surface area contributed by atoms with Crippen LogP contribution in [0.5, 0.6) is 0 Å². The van der Waals surface area contributed by atoms with Crippen LogP contribution >= 0.6 is 0 Å². The number of aliphatic hydroxyl groups is 2. The van der Waals surface area contributed by atoms with Crippen LogP contribution in [-0.2, 0) is 11.2 Å². The summed E-state index contributed by atoms with van der Waals surface area (Å²) in [6, 6.07) is 0. The number of aromatic nitrogens is 2. The van der Waals surface area contributed by atoms with Crippen LogP contribution in [0.1, 0.15) is 37.6 Å². The highest BCUT2D eigenvalue weighted by atomic mass is 16.6. The van der Waals surface area contributed by atoms with Crippen molar-refractivity contribution in [3.8, 4) is 0 Å². The molecule has 1 aliphatic heterocycles. The van der Waals surface area contributed by atoms with Gasteiger partial charge in [0.05, 0.1) is 19.1 Å². The maximum absolute atomic E-state index is 12.3. The lowest BCUT2D eigenvalue weighted by atomic mass is 9.73. The van der Waals surface area contributed by atoms with Gasteiger partial charge in [-0.05, 0) is 19.8 Å². The number of amides is 1. The Kier molecular flexibility index (Phi) is 4.95. The van der Waals surface area contributed by atoms with Gasteiger partial charge in [-0.3, -0.25) is 4.79 Å². The molecule has 21 heavy (non-hydrogen) atoms. The highest BCUT2D eigenvalue weighted by Gasteiger charge is 2.42. The quantitative estimate of drug-likeness (QED) is 0.810. The molecule has 1 aromatic rings. The van der Waals surface area contributed by atoms with Crippen molar-refractivity contribution in [2.75, 3.05) is 19.7 Å². The monoisotopic (exact) mass is 297 g/mol. The molecule has 1 aromatic heterocycles. The molecule has 0 aliphatic carbocycles. The van der Waals surface area contributed by atoms with Crippen LogP contribution in [0.15, 0.2) is 4.63 Å². The van der Waals surface area contributed by atoms with Gasteiger partial charge in [-0.25, -0.2) is 4.63 Å². The third kappa shape index (κ3) is 3.24. The van der Waals surface area contributed by atoms with E-state index in [0.29, 0.717) is 24.4 Å². The number of rotatable bonds is 5. The second kappa shape index (κ2) is 6.53. The molecule has 1 saturated heterocycles. The normalized spacial score (nSPS) is 26.1. The first-order valence-electron chi connectivity index (χ1n) is 7.37. The first-order chi connectivity index (χ1) is 10.0. The summed E-state index contributed by atoms with van der Waals surface area (Å²) in [5, 5.41) is 27.3. The van der Waals surface area contributed by atoms with E-state index < -0.39 is 11.5 Å². The van der Waals surface area contributed by atoms with Gasteiger partial charge in [0.15, 0.2) is 0 Å². The minimum atomic E-state index is -0.698. The van der Waals surface area contributed by atoms with Gasteiger partial charge in [0.1, 0.15) is 11.4 Å². The summed E-state index contributed by atoms with van der Waals surface area (Å²) in [6.45, 7) is 4.52. The van der Waals surface area contributed by atoms with Gasteiger partial charge < -0.3 is 15.1 Å². The molecule has 1 amide bonds. The first-order valence-corrected chi connectivity index (χ1v) is 7.37. The Balaban J connectivity index is 1.98. The molecule has 0 spiro atoms. The highest BCUT2D eigenvalue weighted by Crippen LogP contribution is 2.36. The van der Waals surface area contributed by atoms with Gasteiger partial charge in [-0.2, -0.15) is 0 Å². The lowest BCUT2D eigenvalue weighted by molar-refractivity contribution is -0.141. The van der Waals surface area contributed by atoms with Crippen LogP contribution in [0.25, 0.3) is 0 Å². The molecule has 0 saturated carbocycles. The van der Waals surface area contributed by atoms with E-state index in [-0.39, 0.29) is 25.5 Å². The number of carbonyl (C=O) groups is 1. The third-order valence-electron chi connectivity index (χ3n) is 4.46. The molecule has 118 valence electrons. The zero-order valence-corrected chi connectivity index (χ0v) is 12.6. The fourth-order valence-electron chi connectivity index (χ4n) is 2.96. The number of aryl methyl sites for hydroxylation is 1. The summed E-state index contributed by atoms with van der Waals surface area (Å²) >= 11 is 0. The van der Waals surface area contributed by atoms with E-state index in [1.807, 2.05) is 6.92 Å². The van der Waals surface area contributed by atoms with Gasteiger partial charge in [-0.1, -0.05) is 23.7 Å². The lowest BCUT2D eigenvalue weighted by Crippen LogP contribution is -2.54. The molecule has 1 fully saturated rings. The van der Waals surface area contributed by atoms with Crippen molar-refractivity contribution >= 4 is 5.91 Å². The van der Waals surface area contributed by atoms with E-state index in [9.17, 15) is 15.0 Å². The molecular formula is C14H23N3O4. The molecule has 7 nitrogen and oxygen atoms in total. The van der Waals surface area contributed by atoms with E-state index in [1.165, 1.54) is 0 Å². The summed E-state index contributed by atoms with van der Waals surface area (Å²) in [5.41, 5.74) is 0.662. The number of likely N-dealkylation sites (tertiary alicyclic amines) is 1. The predicted octanol–water partition coefficient (Wildman–Crippen LogP) is 0.293. The third-order valence-corrected chi connectivity index (χ3v) is 4.46. The molecule has 2 heterocycles. The number of aliphatic hydroxyl groups excluding tert-OH is 2. The summed E-state index contributed by atoms with van der Waals surface area (Å²) in [7, 11) is 0. The van der Waals surface area contributed by atoms with Gasteiger partial charge in [0, 0.05) is 18.5 Å². The van der Waals surface area contributed by atoms with Crippen LogP contribution in [-0.4, -0.2) is 57.1 Å². The average Bonchev–Trinajstić information content (AvgIpc) is 2.86. The average molecular weight is 297 g/mol. The van der Waals surface area contributed by atoms with Crippen molar-refractivity contribution in [2.24, 2.45) is 5.41 Å². The topological polar surface area (TPSA) is 99.7 Å². The zero-order chi connectivity index (χ0) is 15.5. The van der Waals surface area contributed by atoms with Crippen LogP contribution in [0.4, 0.5) is 0 Å². The van der Waals surface area contributed by atoms with Crippen LogP contribution in [0, 0.1) is 12.3 Å². The predicted molar refractivity (Wildman–Crippen MR) is 74.4 cm³/mol. The number of piperidine rings is 1. The Labute approximate surface area is 123 Å². The minimum Gasteiger partial charge on any atom is -0.396 e. The molecule has 7 heteroatoms. The minimum absolute atomic E-state index is 0.0453. The van der Waals surface area contributed by atoms with Gasteiger partial charge in [0.25, 0.3) is 0 Å². The van der Waals surface area contributed by atoms with E-state index in [4.69, 9.17) is 0 Å². The van der Waals surface area contributed by atoms with E-state index in [0.717, 1.165) is 12.8 Å². The smallest absolute Gasteiger partial charge is 0.228 e. The molecule has 1 aliphatic rings. The SMILES string of the molecule is CCC[C@]1(CO)CCN(C(=O)Cc2nonc2C)C[C@@H]1O. The number of hydrogen-bond donors (Lipinski definition) is 2. The molecule has 0 aromatic carbocycles. The second-order valence-corrected chi connectivity index (χ2v) is 5.85. The highest BCUT2D eigenvalue weighted by molar-refractivity contribution is 5.78. The molecule has 2 atom stereocenters. The van der Waals surface area contributed by atoms with Gasteiger partial charge >= 0.3 is 0 Å². The lowest BCUT2D eigenvalue weighted by Gasteiger charge is -2.44. The Hall–Kier alpha value is -1.47. The molecule has 2 rings (SSSR count). The summed E-state index contributed by atoms with van der Waals surface area (Å²) in [5.74, 6) is -0.101. The number of carbonyl (C=O) groups excluding carboxylic acids is 1. The van der Waals surface area contributed by atoms with Crippen molar-refractivity contribution in [2.45, 2.75) is 45.6 Å². The number of nitrogens with zero attached hydrogens (tertiary/aromatic N) is 3.